The lowest BCUT2D eigenvalue weighted by Crippen LogP contribution is -2.42. The number of amides is 1. The highest BCUT2D eigenvalue weighted by Gasteiger charge is 2.28. The van der Waals surface area contributed by atoms with Crippen LogP contribution in [0, 0.1) is 17.2 Å². The first-order valence-corrected chi connectivity index (χ1v) is 7.32. The van der Waals surface area contributed by atoms with Crippen molar-refractivity contribution in [1.82, 2.24) is 4.90 Å². The second-order valence-corrected chi connectivity index (χ2v) is 5.60. The molecule has 1 saturated heterocycles. The van der Waals surface area contributed by atoms with Gasteiger partial charge in [0.25, 0.3) is 0 Å². The van der Waals surface area contributed by atoms with Crippen LogP contribution in [0.5, 0.6) is 5.75 Å². The Morgan fingerprint density at radius 1 is 1.55 bits per heavy atom. The highest BCUT2D eigenvalue weighted by atomic mass is 16.5. The smallest absolute Gasteiger partial charge is 0.246 e. The van der Waals surface area contributed by atoms with E-state index in [0.717, 1.165) is 31.5 Å². The number of hydrogen-bond acceptors (Lipinski definition) is 5. The number of nitrogens with two attached hydrogens (primary N) is 1. The molecule has 2 rings (SSSR count). The molecular formula is C16H21N3O3. The fourth-order valence-corrected chi connectivity index (χ4v) is 2.84. The summed E-state index contributed by atoms with van der Waals surface area (Å²) in [5.41, 5.74) is 6.74. The van der Waals surface area contributed by atoms with Crippen LogP contribution < -0.4 is 10.5 Å². The molecule has 1 aromatic carbocycles. The molecule has 6 heteroatoms. The molecule has 118 valence electrons. The van der Waals surface area contributed by atoms with Crippen LogP contribution in [0.4, 0.5) is 0 Å². The molecule has 6 nitrogen and oxygen atoms in total. The van der Waals surface area contributed by atoms with Crippen molar-refractivity contribution in [3.63, 3.8) is 0 Å². The third-order valence-electron chi connectivity index (χ3n) is 4.18. The number of carbonyl (C=O) groups is 1. The Morgan fingerprint density at radius 3 is 2.77 bits per heavy atom. The van der Waals surface area contributed by atoms with Gasteiger partial charge in [-0.1, -0.05) is 6.07 Å². The van der Waals surface area contributed by atoms with Gasteiger partial charge in [0.2, 0.25) is 5.91 Å². The largest absolute Gasteiger partial charge is 0.496 e. The zero-order valence-corrected chi connectivity index (χ0v) is 12.7. The number of ether oxygens (including phenoxy) is 1. The van der Waals surface area contributed by atoms with E-state index < -0.39 is 12.0 Å². The fraction of sp³-hybridized carbons (Fsp3) is 0.500. The normalized spacial score (nSPS) is 17.7. The van der Waals surface area contributed by atoms with Crippen molar-refractivity contribution in [2.45, 2.75) is 25.5 Å². The van der Waals surface area contributed by atoms with Gasteiger partial charge in [0.15, 0.2) is 0 Å². The van der Waals surface area contributed by atoms with E-state index in [4.69, 9.17) is 15.7 Å². The number of hydrogen-bond donors (Lipinski definition) is 2. The predicted octanol–water partition coefficient (Wildman–Crippen LogP) is 0.625. The molecule has 1 aromatic rings. The summed E-state index contributed by atoms with van der Waals surface area (Å²) >= 11 is 0. The molecule has 0 aliphatic carbocycles. The van der Waals surface area contributed by atoms with Gasteiger partial charge in [0.05, 0.1) is 18.7 Å². The zero-order valence-electron chi connectivity index (χ0n) is 12.7. The summed E-state index contributed by atoms with van der Waals surface area (Å²) in [7, 11) is 1.59. The Labute approximate surface area is 130 Å². The lowest BCUT2D eigenvalue weighted by atomic mass is 9.90. The molecule has 1 aliphatic heterocycles. The van der Waals surface area contributed by atoms with E-state index in [9.17, 15) is 9.90 Å². The van der Waals surface area contributed by atoms with E-state index in [1.54, 1.807) is 19.2 Å². The number of carbonyl (C=O) groups excluding carboxylic acids is 1. The quantitative estimate of drug-likeness (QED) is 0.831. The minimum absolute atomic E-state index is 0.0587. The molecule has 1 fully saturated rings. The Morgan fingerprint density at radius 2 is 2.23 bits per heavy atom. The number of nitrogens with zero attached hydrogens (tertiary/aromatic N) is 2. The van der Waals surface area contributed by atoms with Gasteiger partial charge >= 0.3 is 0 Å². The van der Waals surface area contributed by atoms with E-state index in [0.29, 0.717) is 17.9 Å². The maximum atomic E-state index is 11.0. The third-order valence-corrected chi connectivity index (χ3v) is 4.18. The van der Waals surface area contributed by atoms with E-state index in [1.165, 1.54) is 0 Å². The SMILES string of the molecule is COc1cc(C#N)ccc1CN1CCC([C@@H](O)C(N)=O)CC1. The zero-order chi connectivity index (χ0) is 16.1. The van der Waals surface area contributed by atoms with Gasteiger partial charge in [-0.05, 0) is 44.0 Å². The monoisotopic (exact) mass is 303 g/mol. The summed E-state index contributed by atoms with van der Waals surface area (Å²) in [5.74, 6) is 0.00201. The number of primary amides is 1. The number of nitriles is 1. The fourth-order valence-electron chi connectivity index (χ4n) is 2.84. The van der Waals surface area contributed by atoms with Gasteiger partial charge in [-0.15, -0.1) is 0 Å². The predicted molar refractivity (Wildman–Crippen MR) is 80.9 cm³/mol. The number of benzene rings is 1. The minimum Gasteiger partial charge on any atom is -0.496 e. The first-order chi connectivity index (χ1) is 10.5. The maximum absolute atomic E-state index is 11.0. The van der Waals surface area contributed by atoms with Crippen molar-refractivity contribution in [2.75, 3.05) is 20.2 Å². The summed E-state index contributed by atoms with van der Waals surface area (Å²) in [6, 6.07) is 7.51. The number of piperidine rings is 1. The topological polar surface area (TPSA) is 99.6 Å². The van der Waals surface area contributed by atoms with Gasteiger partial charge in [-0.3, -0.25) is 9.69 Å². The van der Waals surface area contributed by atoms with Crippen LogP contribution in [0.1, 0.15) is 24.0 Å². The summed E-state index contributed by atoms with van der Waals surface area (Å²) in [6.07, 6.45) is 0.428. The number of aliphatic hydroxyl groups excluding tert-OH is 1. The number of methoxy groups -OCH3 is 1. The van der Waals surface area contributed by atoms with Crippen molar-refractivity contribution in [3.05, 3.63) is 29.3 Å². The van der Waals surface area contributed by atoms with Gasteiger partial charge in [0, 0.05) is 12.1 Å². The van der Waals surface area contributed by atoms with Gasteiger partial charge in [-0.25, -0.2) is 0 Å². The average Bonchev–Trinajstić information content (AvgIpc) is 2.55. The average molecular weight is 303 g/mol. The van der Waals surface area contributed by atoms with Crippen LogP contribution >= 0.6 is 0 Å². The molecule has 0 spiro atoms. The third kappa shape index (κ3) is 3.75. The minimum atomic E-state index is -1.05. The molecule has 1 heterocycles. The van der Waals surface area contributed by atoms with Crippen LogP contribution in [-0.2, 0) is 11.3 Å². The molecule has 22 heavy (non-hydrogen) atoms. The molecule has 0 unspecified atom stereocenters. The van der Waals surface area contributed by atoms with Crippen molar-refractivity contribution in [1.29, 1.82) is 5.26 Å². The molecule has 0 bridgehead atoms. The second kappa shape index (κ2) is 7.25. The molecule has 1 amide bonds. The summed E-state index contributed by atoms with van der Waals surface area (Å²) < 4.78 is 5.34. The van der Waals surface area contributed by atoms with Gasteiger partial charge < -0.3 is 15.6 Å². The van der Waals surface area contributed by atoms with Crippen LogP contribution in [0.3, 0.4) is 0 Å². The standard InChI is InChI=1S/C16H21N3O3/c1-22-14-8-11(9-17)2-3-13(14)10-19-6-4-12(5-7-19)15(20)16(18)21/h2-3,8,12,15,20H,4-7,10H2,1H3,(H2,18,21)/t15-/m1/s1. The molecule has 0 saturated carbocycles. The first-order valence-electron chi connectivity index (χ1n) is 7.32. The number of rotatable bonds is 5. The lowest BCUT2D eigenvalue weighted by molar-refractivity contribution is -0.129. The molecular weight excluding hydrogens is 282 g/mol. The highest BCUT2D eigenvalue weighted by molar-refractivity contribution is 5.78. The van der Waals surface area contributed by atoms with Crippen LogP contribution in [0.2, 0.25) is 0 Å². The molecule has 0 radical (unpaired) electrons. The van der Waals surface area contributed by atoms with Crippen LogP contribution in [0.15, 0.2) is 18.2 Å². The van der Waals surface area contributed by atoms with E-state index in [-0.39, 0.29) is 5.92 Å². The van der Waals surface area contributed by atoms with Crippen molar-refractivity contribution >= 4 is 5.91 Å². The maximum Gasteiger partial charge on any atom is 0.246 e. The summed E-state index contributed by atoms with van der Waals surface area (Å²) in [5, 5.41) is 18.6. The second-order valence-electron chi connectivity index (χ2n) is 5.60. The number of likely N-dealkylation sites (tertiary alicyclic amines) is 1. The van der Waals surface area contributed by atoms with Gasteiger partial charge in [-0.2, -0.15) is 5.26 Å². The Bertz CT molecular complexity index is 574. The van der Waals surface area contributed by atoms with E-state index >= 15 is 0 Å². The summed E-state index contributed by atoms with van der Waals surface area (Å²) in [6.45, 7) is 2.30. The van der Waals surface area contributed by atoms with E-state index in [2.05, 4.69) is 11.0 Å². The van der Waals surface area contributed by atoms with Crippen molar-refractivity contribution < 1.29 is 14.6 Å². The molecule has 1 atom stereocenters. The van der Waals surface area contributed by atoms with Crippen LogP contribution in [0.25, 0.3) is 0 Å². The molecule has 0 aromatic heterocycles. The number of aliphatic hydroxyl groups is 1. The highest BCUT2D eigenvalue weighted by Crippen LogP contribution is 2.26. The summed E-state index contributed by atoms with van der Waals surface area (Å²) in [4.78, 5) is 13.3. The lowest BCUT2D eigenvalue weighted by Gasteiger charge is -2.33. The van der Waals surface area contributed by atoms with Crippen molar-refractivity contribution in [3.8, 4) is 11.8 Å². The van der Waals surface area contributed by atoms with E-state index in [1.807, 2.05) is 6.07 Å². The Hall–Kier alpha value is -2.10. The van der Waals surface area contributed by atoms with Crippen molar-refractivity contribution in [2.24, 2.45) is 11.7 Å². The molecule has 3 N–H and O–H groups in total. The molecule has 1 aliphatic rings. The first kappa shape index (κ1) is 16.3. The Kier molecular flexibility index (Phi) is 5.36. The Balaban J connectivity index is 1.96. The van der Waals surface area contributed by atoms with Crippen LogP contribution in [-0.4, -0.2) is 42.2 Å². The van der Waals surface area contributed by atoms with Gasteiger partial charge in [0.1, 0.15) is 11.9 Å².